The van der Waals surface area contributed by atoms with E-state index in [4.69, 9.17) is 0 Å². The lowest BCUT2D eigenvalue weighted by atomic mass is 10.2. The van der Waals surface area contributed by atoms with Gasteiger partial charge in [0.25, 0.3) is 5.91 Å². The van der Waals surface area contributed by atoms with Crippen molar-refractivity contribution < 1.29 is 4.79 Å². The maximum Gasteiger partial charge on any atom is 0.299 e. The summed E-state index contributed by atoms with van der Waals surface area (Å²) >= 11 is 2.83. The van der Waals surface area contributed by atoms with Crippen LogP contribution in [0, 0.1) is 18.8 Å². The maximum absolute atomic E-state index is 12.5. The second kappa shape index (κ2) is 6.38. The van der Waals surface area contributed by atoms with Gasteiger partial charge >= 0.3 is 0 Å². The molecule has 4 heterocycles. The van der Waals surface area contributed by atoms with Crippen LogP contribution in [0.5, 0.6) is 0 Å². The van der Waals surface area contributed by atoms with Crippen molar-refractivity contribution in [3.63, 3.8) is 0 Å². The lowest BCUT2D eigenvalue weighted by Gasteiger charge is -2.32. The predicted molar refractivity (Wildman–Crippen MR) is 95.0 cm³/mol. The molecule has 25 heavy (non-hydrogen) atoms. The third-order valence-electron chi connectivity index (χ3n) is 3.98. The van der Waals surface area contributed by atoms with E-state index in [0.29, 0.717) is 18.9 Å². The van der Waals surface area contributed by atoms with Crippen molar-refractivity contribution in [2.24, 2.45) is 0 Å². The fraction of sp³-hybridized carbons (Fsp3) is 0.312. The van der Waals surface area contributed by atoms with E-state index >= 15 is 0 Å². The second-order valence-electron chi connectivity index (χ2n) is 5.58. The molecule has 0 aromatic carbocycles. The Bertz CT molecular complexity index is 978. The summed E-state index contributed by atoms with van der Waals surface area (Å²) in [7, 11) is 0. The zero-order valence-corrected chi connectivity index (χ0v) is 15.3. The summed E-state index contributed by atoms with van der Waals surface area (Å²) in [4.78, 5) is 19.5. The number of aromatic nitrogens is 5. The van der Waals surface area contributed by atoms with Crippen molar-refractivity contribution >= 4 is 28.8 Å². The number of hydrogen-bond donors (Lipinski definition) is 0. The number of aryl methyl sites for hydroxylation is 1. The van der Waals surface area contributed by atoms with Gasteiger partial charge in [-0.15, -0.1) is 21.5 Å². The van der Waals surface area contributed by atoms with Crippen LogP contribution in [-0.2, 0) is 11.3 Å². The van der Waals surface area contributed by atoms with Crippen LogP contribution in [0.4, 0.5) is 0 Å². The summed E-state index contributed by atoms with van der Waals surface area (Å²) < 4.78 is 6.22. The van der Waals surface area contributed by atoms with Crippen LogP contribution in [0.3, 0.4) is 0 Å². The van der Waals surface area contributed by atoms with E-state index in [2.05, 4.69) is 31.4 Å². The van der Waals surface area contributed by atoms with E-state index in [-0.39, 0.29) is 11.9 Å². The molecule has 1 amide bonds. The molecule has 3 aromatic rings. The molecule has 9 heteroatoms. The molecule has 0 N–H and O–H groups in total. The van der Waals surface area contributed by atoms with Crippen LogP contribution in [0.1, 0.15) is 29.5 Å². The van der Waals surface area contributed by atoms with Crippen LogP contribution < -0.4 is 0 Å². The van der Waals surface area contributed by atoms with E-state index in [1.54, 1.807) is 4.90 Å². The average Bonchev–Trinajstić information content (AvgIpc) is 3.33. The number of carbonyl (C=O) groups is 1. The lowest BCUT2D eigenvalue weighted by molar-refractivity contribution is -0.128. The Kier molecular flexibility index (Phi) is 4.07. The first kappa shape index (κ1) is 15.9. The van der Waals surface area contributed by atoms with Crippen molar-refractivity contribution in [3.8, 4) is 22.7 Å². The molecule has 0 bridgehead atoms. The standard InChI is InChI=1S/C16H14N6OS2/c1-10-14-18-19-15(16-17-11(2)20-25-16)22(14)8-7-21(10)13(23)6-5-12-4-3-9-24-12/h3-4,9-10H,7-8H2,1-2H3. The van der Waals surface area contributed by atoms with Gasteiger partial charge in [0.05, 0.1) is 10.9 Å². The molecule has 1 aliphatic heterocycles. The Labute approximate surface area is 152 Å². The van der Waals surface area contributed by atoms with Gasteiger partial charge in [0, 0.05) is 19.0 Å². The number of thiophene rings is 1. The second-order valence-corrected chi connectivity index (χ2v) is 7.28. The lowest BCUT2D eigenvalue weighted by Crippen LogP contribution is -2.40. The smallest absolute Gasteiger partial charge is 0.299 e. The minimum Gasteiger partial charge on any atom is -0.320 e. The fourth-order valence-electron chi connectivity index (χ4n) is 2.75. The van der Waals surface area contributed by atoms with E-state index in [0.717, 1.165) is 21.5 Å². The van der Waals surface area contributed by atoms with E-state index in [9.17, 15) is 4.79 Å². The van der Waals surface area contributed by atoms with Crippen molar-refractivity contribution in [2.45, 2.75) is 26.4 Å². The first-order chi connectivity index (χ1) is 12.1. The van der Waals surface area contributed by atoms with E-state index < -0.39 is 0 Å². The van der Waals surface area contributed by atoms with Gasteiger partial charge in [0.1, 0.15) is 5.82 Å². The molecule has 3 aromatic heterocycles. The molecule has 1 atom stereocenters. The molecule has 1 aliphatic rings. The normalized spacial score (nSPS) is 16.2. The number of amides is 1. The first-order valence-corrected chi connectivity index (χ1v) is 9.38. The summed E-state index contributed by atoms with van der Waals surface area (Å²) in [5, 5.41) is 11.2. The van der Waals surface area contributed by atoms with E-state index in [1.807, 2.05) is 35.9 Å². The summed E-state index contributed by atoms with van der Waals surface area (Å²) in [6.07, 6.45) is 0. The molecule has 4 rings (SSSR count). The number of rotatable bonds is 1. The molecule has 0 fully saturated rings. The number of nitrogens with zero attached hydrogens (tertiary/aromatic N) is 6. The molecule has 0 spiro atoms. The molecule has 126 valence electrons. The highest BCUT2D eigenvalue weighted by molar-refractivity contribution is 7.10. The third-order valence-corrected chi connectivity index (χ3v) is 5.57. The first-order valence-electron chi connectivity index (χ1n) is 7.73. The van der Waals surface area contributed by atoms with Gasteiger partial charge in [-0.1, -0.05) is 6.07 Å². The Morgan fingerprint density at radius 1 is 1.36 bits per heavy atom. The Morgan fingerprint density at radius 2 is 2.24 bits per heavy atom. The molecule has 1 unspecified atom stereocenters. The van der Waals surface area contributed by atoms with Gasteiger partial charge in [-0.3, -0.25) is 4.79 Å². The maximum atomic E-state index is 12.5. The summed E-state index contributed by atoms with van der Waals surface area (Å²) in [5.41, 5.74) is 0. The van der Waals surface area contributed by atoms with Gasteiger partial charge in [-0.05, 0) is 42.7 Å². The summed E-state index contributed by atoms with van der Waals surface area (Å²) in [6.45, 7) is 4.98. The van der Waals surface area contributed by atoms with Crippen molar-refractivity contribution in [1.29, 1.82) is 0 Å². The Balaban J connectivity index is 1.58. The molecule has 0 saturated heterocycles. The Morgan fingerprint density at radius 3 is 2.96 bits per heavy atom. The van der Waals surface area contributed by atoms with Gasteiger partial charge in [0.15, 0.2) is 16.7 Å². The molecule has 0 aliphatic carbocycles. The molecule has 0 radical (unpaired) electrons. The number of hydrogen-bond acceptors (Lipinski definition) is 7. The van der Waals surface area contributed by atoms with E-state index in [1.165, 1.54) is 22.9 Å². The molecule has 7 nitrogen and oxygen atoms in total. The average molecular weight is 370 g/mol. The zero-order valence-electron chi connectivity index (χ0n) is 13.6. The SMILES string of the molecule is Cc1nsc(-c2nnc3n2CCN(C(=O)C#Cc2cccs2)C3C)n1. The van der Waals surface area contributed by atoms with Crippen molar-refractivity contribution in [1.82, 2.24) is 29.0 Å². The number of carbonyl (C=O) groups excluding carboxylic acids is 1. The monoisotopic (exact) mass is 370 g/mol. The van der Waals surface area contributed by atoms with Crippen LogP contribution in [0.2, 0.25) is 0 Å². The van der Waals surface area contributed by atoms with Gasteiger partial charge in [-0.25, -0.2) is 4.98 Å². The highest BCUT2D eigenvalue weighted by Crippen LogP contribution is 2.28. The van der Waals surface area contributed by atoms with Crippen LogP contribution >= 0.6 is 22.9 Å². The molecule has 0 saturated carbocycles. The number of fused-ring (bicyclic) bond motifs is 1. The highest BCUT2D eigenvalue weighted by atomic mass is 32.1. The largest absolute Gasteiger partial charge is 0.320 e. The van der Waals surface area contributed by atoms with Crippen molar-refractivity contribution in [2.75, 3.05) is 6.54 Å². The quantitative estimate of drug-likeness (QED) is 0.613. The Hall–Kier alpha value is -2.57. The molecular weight excluding hydrogens is 356 g/mol. The minimum atomic E-state index is -0.191. The van der Waals surface area contributed by atoms with Gasteiger partial charge < -0.3 is 9.47 Å². The van der Waals surface area contributed by atoms with Crippen molar-refractivity contribution in [3.05, 3.63) is 34.0 Å². The van der Waals surface area contributed by atoms with Gasteiger partial charge in [-0.2, -0.15) is 4.37 Å². The highest BCUT2D eigenvalue weighted by Gasteiger charge is 2.31. The third kappa shape index (κ3) is 2.94. The van der Waals surface area contributed by atoms with Crippen LogP contribution in [0.25, 0.3) is 10.8 Å². The summed E-state index contributed by atoms with van der Waals surface area (Å²) in [5.74, 6) is 7.64. The summed E-state index contributed by atoms with van der Waals surface area (Å²) in [6, 6.07) is 3.63. The zero-order chi connectivity index (χ0) is 17.4. The predicted octanol–water partition coefficient (Wildman–Crippen LogP) is 2.12. The van der Waals surface area contributed by atoms with Gasteiger partial charge in [0.2, 0.25) is 0 Å². The topological polar surface area (TPSA) is 76.8 Å². The minimum absolute atomic E-state index is 0.186. The molecular formula is C16H14N6OS2. The van der Waals surface area contributed by atoms with Crippen LogP contribution in [0.15, 0.2) is 17.5 Å². The van der Waals surface area contributed by atoms with Crippen LogP contribution in [-0.4, -0.2) is 41.5 Å². The fourth-order valence-corrected chi connectivity index (χ4v) is 3.98.